The van der Waals surface area contributed by atoms with Crippen LogP contribution in [0.3, 0.4) is 0 Å². The second-order valence-corrected chi connectivity index (χ2v) is 5.02. The van der Waals surface area contributed by atoms with Gasteiger partial charge in [0, 0.05) is 10.6 Å². The molecular weight excluding hydrogens is 277 g/mol. The highest BCUT2D eigenvalue weighted by Gasteiger charge is 2.08. The van der Waals surface area contributed by atoms with Gasteiger partial charge in [0.05, 0.1) is 0 Å². The van der Waals surface area contributed by atoms with E-state index in [1.54, 1.807) is 6.07 Å². The molecular formula is C16H17ClFNO. The second kappa shape index (κ2) is 6.73. The summed E-state index contributed by atoms with van der Waals surface area (Å²) in [5.41, 5.74) is 8.32. The highest BCUT2D eigenvalue weighted by Crippen LogP contribution is 2.27. The van der Waals surface area contributed by atoms with Crippen molar-refractivity contribution in [1.82, 2.24) is 0 Å². The lowest BCUT2D eigenvalue weighted by Gasteiger charge is -2.13. The highest BCUT2D eigenvalue weighted by atomic mass is 35.5. The van der Waals surface area contributed by atoms with Crippen LogP contribution in [0.25, 0.3) is 0 Å². The topological polar surface area (TPSA) is 35.2 Å². The van der Waals surface area contributed by atoms with E-state index in [0.717, 1.165) is 22.4 Å². The van der Waals surface area contributed by atoms with Crippen molar-refractivity contribution in [2.45, 2.75) is 20.0 Å². The Morgan fingerprint density at radius 1 is 1.25 bits per heavy atom. The van der Waals surface area contributed by atoms with Crippen molar-refractivity contribution in [2.24, 2.45) is 5.73 Å². The molecule has 2 N–H and O–H groups in total. The summed E-state index contributed by atoms with van der Waals surface area (Å²) in [4.78, 5) is 0. The first-order valence-electron chi connectivity index (χ1n) is 6.47. The molecule has 0 amide bonds. The molecule has 0 unspecified atom stereocenters. The van der Waals surface area contributed by atoms with Gasteiger partial charge in [0.25, 0.3) is 0 Å². The van der Waals surface area contributed by atoms with Crippen LogP contribution in [0, 0.1) is 12.7 Å². The average Bonchev–Trinajstić information content (AvgIpc) is 2.41. The summed E-state index contributed by atoms with van der Waals surface area (Å²) in [5, 5.41) is 0.656. The van der Waals surface area contributed by atoms with Crippen molar-refractivity contribution in [1.29, 1.82) is 0 Å². The lowest BCUT2D eigenvalue weighted by Crippen LogP contribution is -2.06. The van der Waals surface area contributed by atoms with Crippen LogP contribution in [0.2, 0.25) is 5.02 Å². The van der Waals surface area contributed by atoms with Crippen LogP contribution in [0.4, 0.5) is 4.39 Å². The number of aryl methyl sites for hydroxylation is 1. The van der Waals surface area contributed by atoms with Gasteiger partial charge in [-0.25, -0.2) is 4.39 Å². The fourth-order valence-corrected chi connectivity index (χ4v) is 2.30. The molecule has 0 saturated carbocycles. The van der Waals surface area contributed by atoms with Gasteiger partial charge in [-0.3, -0.25) is 0 Å². The number of ether oxygens (including phenoxy) is 1. The van der Waals surface area contributed by atoms with Crippen molar-refractivity contribution in [3.05, 3.63) is 63.9 Å². The molecule has 20 heavy (non-hydrogen) atoms. The maximum atomic E-state index is 13.1. The van der Waals surface area contributed by atoms with Crippen molar-refractivity contribution in [3.8, 4) is 5.75 Å². The SMILES string of the molecule is Cc1cc(F)ccc1COc1cccc(Cl)c1CCN. The zero-order valence-corrected chi connectivity index (χ0v) is 12.1. The number of rotatable bonds is 5. The van der Waals surface area contributed by atoms with Gasteiger partial charge in [0.1, 0.15) is 18.2 Å². The minimum absolute atomic E-state index is 0.238. The van der Waals surface area contributed by atoms with Gasteiger partial charge in [-0.2, -0.15) is 0 Å². The summed E-state index contributed by atoms with van der Waals surface area (Å²) in [6.45, 7) is 2.75. The Morgan fingerprint density at radius 3 is 2.75 bits per heavy atom. The Labute approximate surface area is 123 Å². The lowest BCUT2D eigenvalue weighted by atomic mass is 10.1. The molecule has 0 aliphatic carbocycles. The molecule has 0 fully saturated rings. The van der Waals surface area contributed by atoms with Crippen molar-refractivity contribution >= 4 is 11.6 Å². The zero-order chi connectivity index (χ0) is 14.5. The Kier molecular flexibility index (Phi) is 4.99. The molecule has 4 heteroatoms. The Hall–Kier alpha value is -1.58. The number of nitrogens with two attached hydrogens (primary N) is 1. The molecule has 106 valence electrons. The van der Waals surface area contributed by atoms with Gasteiger partial charge in [0.2, 0.25) is 0 Å². The van der Waals surface area contributed by atoms with E-state index < -0.39 is 0 Å². The molecule has 0 saturated heterocycles. The van der Waals surface area contributed by atoms with E-state index in [9.17, 15) is 4.39 Å². The summed E-state index contributed by atoms with van der Waals surface area (Å²) >= 11 is 6.16. The van der Waals surface area contributed by atoms with Crippen molar-refractivity contribution < 1.29 is 9.13 Å². The van der Waals surface area contributed by atoms with Crippen LogP contribution in [-0.2, 0) is 13.0 Å². The maximum Gasteiger partial charge on any atom is 0.124 e. The number of benzene rings is 2. The molecule has 0 aliphatic heterocycles. The fraction of sp³-hybridized carbons (Fsp3) is 0.250. The first-order valence-corrected chi connectivity index (χ1v) is 6.85. The minimum Gasteiger partial charge on any atom is -0.489 e. The van der Waals surface area contributed by atoms with E-state index in [0.29, 0.717) is 24.6 Å². The van der Waals surface area contributed by atoms with Gasteiger partial charge < -0.3 is 10.5 Å². The second-order valence-electron chi connectivity index (χ2n) is 4.61. The van der Waals surface area contributed by atoms with E-state index in [1.165, 1.54) is 12.1 Å². The lowest BCUT2D eigenvalue weighted by molar-refractivity contribution is 0.302. The Bertz CT molecular complexity index is 601. The smallest absolute Gasteiger partial charge is 0.124 e. The minimum atomic E-state index is -0.238. The van der Waals surface area contributed by atoms with Crippen LogP contribution >= 0.6 is 11.6 Å². The van der Waals surface area contributed by atoms with Gasteiger partial charge in [-0.05, 0) is 55.3 Å². The third-order valence-electron chi connectivity index (χ3n) is 3.16. The molecule has 2 rings (SSSR count). The largest absolute Gasteiger partial charge is 0.489 e. The number of hydrogen-bond acceptors (Lipinski definition) is 2. The van der Waals surface area contributed by atoms with Gasteiger partial charge in [-0.1, -0.05) is 23.7 Å². The van der Waals surface area contributed by atoms with Crippen LogP contribution in [0.5, 0.6) is 5.75 Å². The van der Waals surface area contributed by atoms with Gasteiger partial charge in [-0.15, -0.1) is 0 Å². The Morgan fingerprint density at radius 2 is 2.05 bits per heavy atom. The molecule has 0 spiro atoms. The van der Waals surface area contributed by atoms with Crippen molar-refractivity contribution in [2.75, 3.05) is 6.54 Å². The molecule has 0 aliphatic rings. The molecule has 0 aromatic heterocycles. The quantitative estimate of drug-likeness (QED) is 0.908. The summed E-state index contributed by atoms with van der Waals surface area (Å²) in [7, 11) is 0. The molecule has 0 atom stereocenters. The van der Waals surface area contributed by atoms with Gasteiger partial charge >= 0.3 is 0 Å². The first kappa shape index (κ1) is 14.8. The van der Waals surface area contributed by atoms with E-state index >= 15 is 0 Å². The van der Waals surface area contributed by atoms with Crippen LogP contribution in [0.1, 0.15) is 16.7 Å². The van der Waals surface area contributed by atoms with Crippen LogP contribution < -0.4 is 10.5 Å². The first-order chi connectivity index (χ1) is 9.61. The predicted octanol–water partition coefficient (Wildman–Crippen LogP) is 3.87. The number of halogens is 2. The molecule has 2 aromatic carbocycles. The summed E-state index contributed by atoms with van der Waals surface area (Å²) in [6, 6.07) is 10.2. The van der Waals surface area contributed by atoms with E-state index in [2.05, 4.69) is 0 Å². The van der Waals surface area contributed by atoms with E-state index in [4.69, 9.17) is 22.1 Å². The van der Waals surface area contributed by atoms with Gasteiger partial charge in [0.15, 0.2) is 0 Å². The Balaban J connectivity index is 2.16. The predicted molar refractivity (Wildman–Crippen MR) is 79.7 cm³/mol. The summed E-state index contributed by atoms with van der Waals surface area (Å²) < 4.78 is 18.9. The van der Waals surface area contributed by atoms with Crippen molar-refractivity contribution in [3.63, 3.8) is 0 Å². The van der Waals surface area contributed by atoms with Crippen LogP contribution in [-0.4, -0.2) is 6.54 Å². The van der Waals surface area contributed by atoms with E-state index in [-0.39, 0.29) is 5.82 Å². The summed E-state index contributed by atoms with van der Waals surface area (Å²) in [5.74, 6) is 0.490. The molecule has 0 heterocycles. The standard InChI is InChI=1S/C16H17ClFNO/c1-11-9-13(18)6-5-12(11)10-20-16-4-2-3-15(17)14(16)7-8-19/h2-6,9H,7-8,10,19H2,1H3. The third-order valence-corrected chi connectivity index (χ3v) is 3.51. The number of hydrogen-bond donors (Lipinski definition) is 1. The highest BCUT2D eigenvalue weighted by molar-refractivity contribution is 6.31. The fourth-order valence-electron chi connectivity index (χ4n) is 2.04. The maximum absolute atomic E-state index is 13.1. The van der Waals surface area contributed by atoms with E-state index in [1.807, 2.05) is 25.1 Å². The normalized spacial score (nSPS) is 10.6. The third kappa shape index (κ3) is 3.50. The average molecular weight is 294 g/mol. The molecule has 0 bridgehead atoms. The molecule has 2 aromatic rings. The molecule has 2 nitrogen and oxygen atoms in total. The summed E-state index contributed by atoms with van der Waals surface area (Å²) in [6.07, 6.45) is 0.664. The monoisotopic (exact) mass is 293 g/mol. The molecule has 0 radical (unpaired) electrons. The zero-order valence-electron chi connectivity index (χ0n) is 11.3. The van der Waals surface area contributed by atoms with Crippen LogP contribution in [0.15, 0.2) is 36.4 Å².